The number of halogens is 1. The van der Waals surface area contributed by atoms with E-state index in [1.165, 1.54) is 17.8 Å². The van der Waals surface area contributed by atoms with Gasteiger partial charge in [0.15, 0.2) is 5.82 Å². The molecule has 7 heteroatoms. The normalized spacial score (nSPS) is 10.2. The van der Waals surface area contributed by atoms with Crippen LogP contribution in [0.4, 0.5) is 5.82 Å². The molecule has 0 saturated heterocycles. The molecule has 0 unspecified atom stereocenters. The lowest BCUT2D eigenvalue weighted by molar-refractivity contribution is 0.0954. The highest BCUT2D eigenvalue weighted by atomic mass is 35.5. The molecule has 0 atom stereocenters. The first-order valence-electron chi connectivity index (χ1n) is 5.62. The summed E-state index contributed by atoms with van der Waals surface area (Å²) >= 11 is 7.55. The Balaban J connectivity index is 1.91. The number of rotatable bonds is 5. The van der Waals surface area contributed by atoms with Gasteiger partial charge in [0.2, 0.25) is 0 Å². The van der Waals surface area contributed by atoms with Crippen molar-refractivity contribution >= 4 is 34.7 Å². The monoisotopic (exact) mass is 296 g/mol. The van der Waals surface area contributed by atoms with Crippen molar-refractivity contribution in [1.29, 1.82) is 0 Å². The summed E-state index contributed by atoms with van der Waals surface area (Å²) in [7, 11) is 0. The molecule has 0 aliphatic heterocycles. The van der Waals surface area contributed by atoms with Crippen LogP contribution in [-0.2, 0) is 6.42 Å². The van der Waals surface area contributed by atoms with Gasteiger partial charge >= 0.3 is 0 Å². The first kappa shape index (κ1) is 13.8. The molecule has 5 nitrogen and oxygen atoms in total. The van der Waals surface area contributed by atoms with Crippen molar-refractivity contribution in [1.82, 2.24) is 10.3 Å². The van der Waals surface area contributed by atoms with E-state index in [9.17, 15) is 4.79 Å². The average molecular weight is 297 g/mol. The van der Waals surface area contributed by atoms with E-state index in [1.807, 2.05) is 11.4 Å². The summed E-state index contributed by atoms with van der Waals surface area (Å²) < 4.78 is 0. The second-order valence-electron chi connectivity index (χ2n) is 3.84. The van der Waals surface area contributed by atoms with Crippen molar-refractivity contribution in [3.05, 3.63) is 45.2 Å². The van der Waals surface area contributed by atoms with Gasteiger partial charge in [0.05, 0.1) is 10.6 Å². The van der Waals surface area contributed by atoms with Crippen molar-refractivity contribution in [2.45, 2.75) is 6.42 Å². The first-order chi connectivity index (χ1) is 9.20. The van der Waals surface area contributed by atoms with Crippen LogP contribution in [0.3, 0.4) is 0 Å². The molecule has 0 radical (unpaired) electrons. The predicted octanol–water partition coefficient (Wildman–Crippen LogP) is 2.05. The SMILES string of the molecule is NNc1ncc(C(=O)NCCc2ccsc2)cc1Cl. The van der Waals surface area contributed by atoms with E-state index < -0.39 is 0 Å². The first-order valence-corrected chi connectivity index (χ1v) is 6.94. The second kappa shape index (κ2) is 6.51. The van der Waals surface area contributed by atoms with Gasteiger partial charge in [-0.15, -0.1) is 0 Å². The van der Waals surface area contributed by atoms with Crippen LogP contribution in [0.2, 0.25) is 5.02 Å². The number of nitrogens with one attached hydrogen (secondary N) is 2. The molecule has 2 heterocycles. The van der Waals surface area contributed by atoms with Gasteiger partial charge in [-0.3, -0.25) is 4.79 Å². The number of nitrogens with zero attached hydrogens (tertiary/aromatic N) is 1. The lowest BCUT2D eigenvalue weighted by Gasteiger charge is -2.06. The fourth-order valence-electron chi connectivity index (χ4n) is 1.53. The molecule has 2 aromatic heterocycles. The molecule has 0 bridgehead atoms. The van der Waals surface area contributed by atoms with Crippen LogP contribution in [-0.4, -0.2) is 17.4 Å². The Morgan fingerprint density at radius 2 is 2.37 bits per heavy atom. The minimum Gasteiger partial charge on any atom is -0.352 e. The number of hydrogen-bond donors (Lipinski definition) is 3. The average Bonchev–Trinajstić information content (AvgIpc) is 2.91. The molecule has 0 fully saturated rings. The van der Waals surface area contributed by atoms with Crippen molar-refractivity contribution < 1.29 is 4.79 Å². The van der Waals surface area contributed by atoms with E-state index in [4.69, 9.17) is 17.4 Å². The highest BCUT2D eigenvalue weighted by Gasteiger charge is 2.09. The minimum absolute atomic E-state index is 0.201. The van der Waals surface area contributed by atoms with Gasteiger partial charge in [-0.2, -0.15) is 11.3 Å². The number of thiophene rings is 1. The van der Waals surface area contributed by atoms with Gasteiger partial charge < -0.3 is 10.7 Å². The van der Waals surface area contributed by atoms with Gasteiger partial charge in [-0.1, -0.05) is 11.6 Å². The Bertz CT molecular complexity index is 559. The van der Waals surface area contributed by atoms with Gasteiger partial charge in [0.1, 0.15) is 0 Å². The maximum absolute atomic E-state index is 11.9. The van der Waals surface area contributed by atoms with Gasteiger partial charge in [0.25, 0.3) is 5.91 Å². The van der Waals surface area contributed by atoms with Crippen LogP contribution < -0.4 is 16.6 Å². The Labute approximate surface area is 119 Å². The van der Waals surface area contributed by atoms with E-state index in [1.54, 1.807) is 11.3 Å². The Morgan fingerprint density at radius 3 is 3.00 bits per heavy atom. The maximum atomic E-state index is 11.9. The molecule has 1 amide bonds. The highest BCUT2D eigenvalue weighted by Crippen LogP contribution is 2.18. The van der Waals surface area contributed by atoms with Crippen molar-refractivity contribution in [2.75, 3.05) is 12.0 Å². The summed E-state index contributed by atoms with van der Waals surface area (Å²) in [5.74, 6) is 5.36. The molecular formula is C12H13ClN4OS. The fourth-order valence-corrected chi connectivity index (χ4v) is 2.45. The largest absolute Gasteiger partial charge is 0.352 e. The van der Waals surface area contributed by atoms with Crippen LogP contribution in [0, 0.1) is 0 Å². The summed E-state index contributed by atoms with van der Waals surface area (Å²) in [6.45, 7) is 0.573. The lowest BCUT2D eigenvalue weighted by Crippen LogP contribution is -2.25. The Morgan fingerprint density at radius 1 is 1.53 bits per heavy atom. The zero-order valence-corrected chi connectivity index (χ0v) is 11.6. The number of pyridine rings is 1. The molecular weight excluding hydrogens is 284 g/mol. The summed E-state index contributed by atoms with van der Waals surface area (Å²) in [5.41, 5.74) is 3.97. The summed E-state index contributed by atoms with van der Waals surface area (Å²) in [6, 6.07) is 3.57. The second-order valence-corrected chi connectivity index (χ2v) is 5.02. The van der Waals surface area contributed by atoms with Gasteiger partial charge in [-0.05, 0) is 34.9 Å². The number of nitrogens with two attached hydrogens (primary N) is 1. The third kappa shape index (κ3) is 3.66. The number of aromatic nitrogens is 1. The summed E-state index contributed by atoms with van der Waals surface area (Å²) in [5, 5.41) is 7.21. The fraction of sp³-hybridized carbons (Fsp3) is 0.167. The van der Waals surface area contributed by atoms with Crippen LogP contribution >= 0.6 is 22.9 Å². The molecule has 0 aromatic carbocycles. The van der Waals surface area contributed by atoms with Crippen molar-refractivity contribution in [3.63, 3.8) is 0 Å². The van der Waals surface area contributed by atoms with E-state index in [0.29, 0.717) is 22.9 Å². The number of nitrogen functional groups attached to an aromatic ring is 1. The van der Waals surface area contributed by atoms with Crippen molar-refractivity contribution in [3.8, 4) is 0 Å². The predicted molar refractivity (Wildman–Crippen MR) is 77.4 cm³/mol. The standard InChI is InChI=1S/C12H13ClN4OS/c13-10-5-9(6-16-11(10)17-14)12(18)15-3-1-8-2-4-19-7-8/h2,4-7H,1,3,14H2,(H,15,18)(H,16,17). The summed E-state index contributed by atoms with van der Waals surface area (Å²) in [6.07, 6.45) is 2.24. The molecule has 2 rings (SSSR count). The number of amides is 1. The number of carbonyl (C=O) groups is 1. The van der Waals surface area contributed by atoms with E-state index in [-0.39, 0.29) is 5.91 Å². The lowest BCUT2D eigenvalue weighted by atomic mass is 10.2. The van der Waals surface area contributed by atoms with E-state index in [0.717, 1.165) is 6.42 Å². The third-order valence-corrected chi connectivity index (χ3v) is 3.54. The molecule has 100 valence electrons. The third-order valence-electron chi connectivity index (χ3n) is 2.52. The summed E-state index contributed by atoms with van der Waals surface area (Å²) in [4.78, 5) is 15.8. The number of anilines is 1. The molecule has 19 heavy (non-hydrogen) atoms. The zero-order chi connectivity index (χ0) is 13.7. The Kier molecular flexibility index (Phi) is 4.73. The Hall–Kier alpha value is -1.63. The van der Waals surface area contributed by atoms with Crippen LogP contribution in [0.15, 0.2) is 29.1 Å². The molecule has 0 aliphatic carbocycles. The molecule has 0 aliphatic rings. The quantitative estimate of drug-likeness (QED) is 0.583. The van der Waals surface area contributed by atoms with E-state index >= 15 is 0 Å². The molecule has 4 N–H and O–H groups in total. The maximum Gasteiger partial charge on any atom is 0.252 e. The van der Waals surface area contributed by atoms with Gasteiger partial charge in [0, 0.05) is 12.7 Å². The van der Waals surface area contributed by atoms with E-state index in [2.05, 4.69) is 21.1 Å². The van der Waals surface area contributed by atoms with Crippen molar-refractivity contribution in [2.24, 2.45) is 5.84 Å². The number of hydrogen-bond acceptors (Lipinski definition) is 5. The zero-order valence-electron chi connectivity index (χ0n) is 10.0. The molecule has 0 saturated carbocycles. The molecule has 2 aromatic rings. The number of carbonyl (C=O) groups excluding carboxylic acids is 1. The van der Waals surface area contributed by atoms with Crippen LogP contribution in [0.5, 0.6) is 0 Å². The van der Waals surface area contributed by atoms with Crippen LogP contribution in [0.25, 0.3) is 0 Å². The highest BCUT2D eigenvalue weighted by molar-refractivity contribution is 7.07. The molecule has 0 spiro atoms. The number of hydrazine groups is 1. The smallest absolute Gasteiger partial charge is 0.252 e. The topological polar surface area (TPSA) is 80.0 Å². The van der Waals surface area contributed by atoms with Crippen LogP contribution in [0.1, 0.15) is 15.9 Å². The van der Waals surface area contributed by atoms with Gasteiger partial charge in [-0.25, -0.2) is 10.8 Å². The minimum atomic E-state index is -0.201.